The maximum absolute atomic E-state index is 12.0. The summed E-state index contributed by atoms with van der Waals surface area (Å²) in [6.07, 6.45) is 2.36. The Kier molecular flexibility index (Phi) is 3.61. The molecular formula is C12H15BrN2O. The Morgan fingerprint density at radius 2 is 2.19 bits per heavy atom. The van der Waals surface area contributed by atoms with Crippen molar-refractivity contribution in [1.82, 2.24) is 5.32 Å². The molecule has 1 fully saturated rings. The second-order valence-electron chi connectivity index (χ2n) is 4.13. The Bertz CT molecular complexity index is 390. The lowest BCUT2D eigenvalue weighted by Gasteiger charge is -2.16. The van der Waals surface area contributed by atoms with Crippen molar-refractivity contribution in [2.45, 2.75) is 18.9 Å². The van der Waals surface area contributed by atoms with Gasteiger partial charge in [-0.15, -0.1) is 0 Å². The average molecular weight is 283 g/mol. The van der Waals surface area contributed by atoms with Gasteiger partial charge in [-0.3, -0.25) is 4.79 Å². The van der Waals surface area contributed by atoms with E-state index in [1.165, 1.54) is 12.8 Å². The van der Waals surface area contributed by atoms with Crippen molar-refractivity contribution in [2.75, 3.05) is 6.54 Å². The van der Waals surface area contributed by atoms with Crippen LogP contribution in [0.2, 0.25) is 0 Å². The van der Waals surface area contributed by atoms with Crippen LogP contribution in [0.3, 0.4) is 0 Å². The molecule has 0 bridgehead atoms. The predicted octanol–water partition coefficient (Wildman–Crippen LogP) is 1.92. The Morgan fingerprint density at radius 3 is 2.75 bits per heavy atom. The molecule has 1 saturated carbocycles. The van der Waals surface area contributed by atoms with Gasteiger partial charge in [-0.2, -0.15) is 0 Å². The van der Waals surface area contributed by atoms with Crippen molar-refractivity contribution in [3.05, 3.63) is 34.3 Å². The standard InChI is InChI=1S/C12H15BrN2O/c13-10-4-2-1-3-9(10)12(16)15-11(7-14)8-5-6-8/h1-4,8,11H,5-7,14H2,(H,15,16). The van der Waals surface area contributed by atoms with E-state index in [1.54, 1.807) is 6.07 Å². The van der Waals surface area contributed by atoms with E-state index >= 15 is 0 Å². The summed E-state index contributed by atoms with van der Waals surface area (Å²) < 4.78 is 0.819. The first-order valence-electron chi connectivity index (χ1n) is 5.48. The lowest BCUT2D eigenvalue weighted by atomic mass is 10.1. The quantitative estimate of drug-likeness (QED) is 0.887. The van der Waals surface area contributed by atoms with Crippen LogP contribution >= 0.6 is 15.9 Å². The third-order valence-corrected chi connectivity index (χ3v) is 3.57. The number of hydrogen-bond donors (Lipinski definition) is 2. The largest absolute Gasteiger partial charge is 0.348 e. The van der Waals surface area contributed by atoms with E-state index in [4.69, 9.17) is 5.73 Å². The van der Waals surface area contributed by atoms with Gasteiger partial charge in [0.2, 0.25) is 0 Å². The fourth-order valence-electron chi connectivity index (χ4n) is 1.76. The summed E-state index contributed by atoms with van der Waals surface area (Å²) in [7, 11) is 0. The van der Waals surface area contributed by atoms with Gasteiger partial charge in [0.05, 0.1) is 5.56 Å². The third kappa shape index (κ3) is 2.62. The molecule has 3 N–H and O–H groups in total. The van der Waals surface area contributed by atoms with Crippen molar-refractivity contribution < 1.29 is 4.79 Å². The fourth-order valence-corrected chi connectivity index (χ4v) is 2.22. The lowest BCUT2D eigenvalue weighted by molar-refractivity contribution is 0.0932. The molecule has 0 radical (unpaired) electrons. The molecule has 0 spiro atoms. The summed E-state index contributed by atoms with van der Waals surface area (Å²) in [6.45, 7) is 0.515. The topological polar surface area (TPSA) is 55.1 Å². The highest BCUT2D eigenvalue weighted by Gasteiger charge is 2.31. The van der Waals surface area contributed by atoms with Gasteiger partial charge < -0.3 is 11.1 Å². The van der Waals surface area contributed by atoms with E-state index in [0.717, 1.165) is 4.47 Å². The summed E-state index contributed by atoms with van der Waals surface area (Å²) in [4.78, 5) is 12.0. The first kappa shape index (κ1) is 11.6. The van der Waals surface area contributed by atoms with Crippen molar-refractivity contribution in [3.8, 4) is 0 Å². The number of hydrogen-bond acceptors (Lipinski definition) is 2. The minimum atomic E-state index is -0.0465. The molecule has 16 heavy (non-hydrogen) atoms. The Hall–Kier alpha value is -0.870. The first-order valence-corrected chi connectivity index (χ1v) is 6.27. The van der Waals surface area contributed by atoms with E-state index in [1.807, 2.05) is 18.2 Å². The van der Waals surface area contributed by atoms with Crippen LogP contribution < -0.4 is 11.1 Å². The highest BCUT2D eigenvalue weighted by Crippen LogP contribution is 2.32. The van der Waals surface area contributed by atoms with Crippen LogP contribution in [-0.4, -0.2) is 18.5 Å². The molecule has 0 heterocycles. The molecule has 0 aliphatic heterocycles. The molecule has 1 unspecified atom stereocenters. The van der Waals surface area contributed by atoms with Gasteiger partial charge >= 0.3 is 0 Å². The zero-order valence-electron chi connectivity index (χ0n) is 8.95. The van der Waals surface area contributed by atoms with Crippen LogP contribution in [0.25, 0.3) is 0 Å². The molecule has 4 heteroatoms. The van der Waals surface area contributed by atoms with E-state index in [0.29, 0.717) is 18.0 Å². The van der Waals surface area contributed by atoms with Crippen LogP contribution in [0.15, 0.2) is 28.7 Å². The van der Waals surface area contributed by atoms with Gasteiger partial charge in [-0.1, -0.05) is 12.1 Å². The van der Waals surface area contributed by atoms with Crippen LogP contribution in [0.5, 0.6) is 0 Å². The number of nitrogens with one attached hydrogen (secondary N) is 1. The number of benzene rings is 1. The van der Waals surface area contributed by atoms with Gasteiger partial charge in [-0.25, -0.2) is 0 Å². The zero-order valence-corrected chi connectivity index (χ0v) is 10.5. The van der Waals surface area contributed by atoms with E-state index in [9.17, 15) is 4.79 Å². The van der Waals surface area contributed by atoms with E-state index < -0.39 is 0 Å². The molecule has 1 aromatic carbocycles. The molecular weight excluding hydrogens is 268 g/mol. The third-order valence-electron chi connectivity index (χ3n) is 2.88. The molecule has 2 rings (SSSR count). The summed E-state index contributed by atoms with van der Waals surface area (Å²) in [5.74, 6) is 0.534. The molecule has 3 nitrogen and oxygen atoms in total. The highest BCUT2D eigenvalue weighted by atomic mass is 79.9. The maximum Gasteiger partial charge on any atom is 0.252 e. The number of carbonyl (C=O) groups excluding carboxylic acids is 1. The number of nitrogens with two attached hydrogens (primary N) is 1. The molecule has 1 atom stereocenters. The predicted molar refractivity (Wildman–Crippen MR) is 67.2 cm³/mol. The Balaban J connectivity index is 2.04. The highest BCUT2D eigenvalue weighted by molar-refractivity contribution is 9.10. The number of carbonyl (C=O) groups is 1. The second-order valence-corrected chi connectivity index (χ2v) is 4.99. The molecule has 1 amide bonds. The maximum atomic E-state index is 12.0. The smallest absolute Gasteiger partial charge is 0.252 e. The number of rotatable bonds is 4. The molecule has 0 saturated heterocycles. The van der Waals surface area contributed by atoms with Crippen molar-refractivity contribution in [3.63, 3.8) is 0 Å². The molecule has 0 aromatic heterocycles. The van der Waals surface area contributed by atoms with Crippen LogP contribution in [0, 0.1) is 5.92 Å². The normalized spacial score (nSPS) is 16.9. The molecule has 86 valence electrons. The Morgan fingerprint density at radius 1 is 1.50 bits per heavy atom. The van der Waals surface area contributed by atoms with Crippen LogP contribution in [0.4, 0.5) is 0 Å². The van der Waals surface area contributed by atoms with Crippen LogP contribution in [0.1, 0.15) is 23.2 Å². The number of amides is 1. The van der Waals surface area contributed by atoms with Crippen LogP contribution in [-0.2, 0) is 0 Å². The van der Waals surface area contributed by atoms with Gasteiger partial charge in [0.1, 0.15) is 0 Å². The van der Waals surface area contributed by atoms with Gasteiger partial charge in [0, 0.05) is 17.1 Å². The SMILES string of the molecule is NCC(NC(=O)c1ccccc1Br)C1CC1. The van der Waals surface area contributed by atoms with E-state index in [-0.39, 0.29) is 11.9 Å². The van der Waals surface area contributed by atoms with Crippen molar-refractivity contribution in [2.24, 2.45) is 11.7 Å². The minimum absolute atomic E-state index is 0.0465. The van der Waals surface area contributed by atoms with Gasteiger partial charge in [-0.05, 0) is 46.8 Å². The van der Waals surface area contributed by atoms with Crippen molar-refractivity contribution in [1.29, 1.82) is 0 Å². The fraction of sp³-hybridized carbons (Fsp3) is 0.417. The average Bonchev–Trinajstić information content (AvgIpc) is 3.10. The summed E-state index contributed by atoms with van der Waals surface area (Å²) in [5.41, 5.74) is 6.32. The van der Waals surface area contributed by atoms with Gasteiger partial charge in [0.25, 0.3) is 5.91 Å². The zero-order chi connectivity index (χ0) is 11.5. The summed E-state index contributed by atoms with van der Waals surface area (Å²) in [5, 5.41) is 2.99. The van der Waals surface area contributed by atoms with Gasteiger partial charge in [0.15, 0.2) is 0 Å². The number of halogens is 1. The summed E-state index contributed by atoms with van der Waals surface area (Å²) >= 11 is 3.37. The molecule has 1 aromatic rings. The summed E-state index contributed by atoms with van der Waals surface area (Å²) in [6, 6.07) is 7.54. The molecule has 1 aliphatic carbocycles. The molecule has 1 aliphatic rings. The van der Waals surface area contributed by atoms with E-state index in [2.05, 4.69) is 21.2 Å². The first-order chi connectivity index (χ1) is 7.72. The lowest BCUT2D eigenvalue weighted by Crippen LogP contribution is -2.41. The Labute approximate surface area is 104 Å². The monoisotopic (exact) mass is 282 g/mol. The second kappa shape index (κ2) is 4.97. The minimum Gasteiger partial charge on any atom is -0.348 e. The van der Waals surface area contributed by atoms with Crippen molar-refractivity contribution >= 4 is 21.8 Å².